The highest BCUT2D eigenvalue weighted by Gasteiger charge is 2.48. The number of anilines is 1. The predicted molar refractivity (Wildman–Crippen MR) is 80.8 cm³/mol. The molecule has 0 bridgehead atoms. The molecule has 0 aliphatic heterocycles. The smallest absolute Gasteiger partial charge is 0.307 e. The van der Waals surface area contributed by atoms with E-state index in [0.29, 0.717) is 17.9 Å². The first-order chi connectivity index (χ1) is 10.6. The zero-order valence-corrected chi connectivity index (χ0v) is 11.7. The van der Waals surface area contributed by atoms with Crippen molar-refractivity contribution in [2.75, 3.05) is 5.32 Å². The molecule has 0 radical (unpaired) electrons. The van der Waals surface area contributed by atoms with Crippen molar-refractivity contribution in [2.45, 2.75) is 6.42 Å². The molecule has 22 heavy (non-hydrogen) atoms. The second-order valence-corrected chi connectivity index (χ2v) is 5.22. The lowest BCUT2D eigenvalue weighted by Crippen LogP contribution is -2.16. The van der Waals surface area contributed by atoms with E-state index in [1.54, 1.807) is 24.3 Å². The molecule has 5 heteroatoms. The van der Waals surface area contributed by atoms with Crippen molar-refractivity contribution in [3.05, 3.63) is 54.6 Å². The Labute approximate surface area is 127 Å². The van der Waals surface area contributed by atoms with Gasteiger partial charge in [0.1, 0.15) is 11.5 Å². The summed E-state index contributed by atoms with van der Waals surface area (Å²) >= 11 is 0. The summed E-state index contributed by atoms with van der Waals surface area (Å²) in [5.41, 5.74) is 0.626. The van der Waals surface area contributed by atoms with E-state index in [-0.39, 0.29) is 5.91 Å². The highest BCUT2D eigenvalue weighted by atomic mass is 16.5. The minimum atomic E-state index is -0.910. The molecule has 0 heterocycles. The van der Waals surface area contributed by atoms with Gasteiger partial charge in [-0.3, -0.25) is 9.59 Å². The van der Waals surface area contributed by atoms with Crippen LogP contribution >= 0.6 is 0 Å². The van der Waals surface area contributed by atoms with Crippen molar-refractivity contribution in [3.8, 4) is 11.5 Å². The lowest BCUT2D eigenvalue weighted by Gasteiger charge is -2.07. The van der Waals surface area contributed by atoms with Crippen LogP contribution in [0.25, 0.3) is 0 Å². The van der Waals surface area contributed by atoms with Crippen LogP contribution in [-0.4, -0.2) is 17.0 Å². The van der Waals surface area contributed by atoms with Gasteiger partial charge in [-0.25, -0.2) is 0 Å². The Kier molecular flexibility index (Phi) is 3.78. The molecule has 2 aromatic carbocycles. The van der Waals surface area contributed by atoms with E-state index in [1.165, 1.54) is 0 Å². The van der Waals surface area contributed by atoms with E-state index < -0.39 is 17.8 Å². The summed E-state index contributed by atoms with van der Waals surface area (Å²) in [4.78, 5) is 22.6. The number of carboxylic acids is 1. The van der Waals surface area contributed by atoms with Gasteiger partial charge in [-0.05, 0) is 42.8 Å². The van der Waals surface area contributed by atoms with E-state index in [4.69, 9.17) is 9.84 Å². The second-order valence-electron chi connectivity index (χ2n) is 5.22. The minimum Gasteiger partial charge on any atom is -0.481 e. The van der Waals surface area contributed by atoms with E-state index in [0.717, 1.165) is 5.75 Å². The fourth-order valence-corrected chi connectivity index (χ4v) is 2.22. The van der Waals surface area contributed by atoms with Gasteiger partial charge in [0.2, 0.25) is 5.91 Å². The van der Waals surface area contributed by atoms with Gasteiger partial charge in [0.25, 0.3) is 0 Å². The van der Waals surface area contributed by atoms with Crippen molar-refractivity contribution < 1.29 is 19.4 Å². The van der Waals surface area contributed by atoms with Crippen LogP contribution in [0.1, 0.15) is 6.42 Å². The molecular weight excluding hydrogens is 282 g/mol. The van der Waals surface area contributed by atoms with Crippen LogP contribution in [0.5, 0.6) is 11.5 Å². The number of carbonyl (C=O) groups excluding carboxylic acids is 1. The van der Waals surface area contributed by atoms with Crippen LogP contribution in [0.3, 0.4) is 0 Å². The molecule has 0 unspecified atom stereocenters. The van der Waals surface area contributed by atoms with Gasteiger partial charge < -0.3 is 15.2 Å². The molecule has 112 valence electrons. The zero-order valence-electron chi connectivity index (χ0n) is 11.7. The number of benzene rings is 2. The highest BCUT2D eigenvalue weighted by molar-refractivity contribution is 5.98. The first kappa shape index (κ1) is 14.1. The molecule has 2 aromatic rings. The van der Waals surface area contributed by atoms with Crippen LogP contribution in [0.4, 0.5) is 5.69 Å². The maximum atomic E-state index is 11.9. The zero-order chi connectivity index (χ0) is 15.5. The second kappa shape index (κ2) is 5.89. The summed E-state index contributed by atoms with van der Waals surface area (Å²) in [6.07, 6.45) is 0.413. The topological polar surface area (TPSA) is 75.6 Å². The standard InChI is InChI=1S/C17H15NO4/c19-16(14-10-15(14)17(20)21)18-11-6-8-13(9-7-11)22-12-4-2-1-3-5-12/h1-9,14-15H,10H2,(H,18,19)(H,20,21)/t14-,15-/m1/s1. The van der Waals surface area contributed by atoms with Crippen LogP contribution in [-0.2, 0) is 9.59 Å². The Bertz CT molecular complexity index is 682. The highest BCUT2D eigenvalue weighted by Crippen LogP contribution is 2.39. The van der Waals surface area contributed by atoms with E-state index in [1.807, 2.05) is 30.3 Å². The Morgan fingerprint density at radius 1 is 0.955 bits per heavy atom. The third-order valence-electron chi connectivity index (χ3n) is 3.55. The third-order valence-corrected chi connectivity index (χ3v) is 3.55. The SMILES string of the molecule is O=C(O)[C@@H]1C[C@H]1C(=O)Nc1ccc(Oc2ccccc2)cc1. The molecule has 1 saturated carbocycles. The molecule has 3 rings (SSSR count). The van der Waals surface area contributed by atoms with Crippen molar-refractivity contribution in [2.24, 2.45) is 11.8 Å². The largest absolute Gasteiger partial charge is 0.481 e. The quantitative estimate of drug-likeness (QED) is 0.889. The summed E-state index contributed by atoms with van der Waals surface area (Å²) in [5, 5.41) is 11.5. The molecule has 1 aliphatic carbocycles. The lowest BCUT2D eigenvalue weighted by molar-refractivity contribution is -0.139. The predicted octanol–water partition coefficient (Wildman–Crippen LogP) is 3.14. The van der Waals surface area contributed by atoms with E-state index >= 15 is 0 Å². The maximum Gasteiger partial charge on any atom is 0.307 e. The van der Waals surface area contributed by atoms with Crippen molar-refractivity contribution >= 4 is 17.6 Å². The number of hydrogen-bond donors (Lipinski definition) is 2. The molecule has 1 aliphatic rings. The number of carbonyl (C=O) groups is 2. The van der Waals surface area contributed by atoms with E-state index in [9.17, 15) is 9.59 Å². The molecule has 0 saturated heterocycles. The summed E-state index contributed by atoms with van der Waals surface area (Å²) in [6.45, 7) is 0. The number of ether oxygens (including phenoxy) is 1. The van der Waals surface area contributed by atoms with Gasteiger partial charge in [-0.15, -0.1) is 0 Å². The number of nitrogens with one attached hydrogen (secondary N) is 1. The monoisotopic (exact) mass is 297 g/mol. The fourth-order valence-electron chi connectivity index (χ4n) is 2.22. The lowest BCUT2D eigenvalue weighted by atomic mass is 10.2. The fraction of sp³-hybridized carbons (Fsp3) is 0.176. The Balaban J connectivity index is 1.58. The third kappa shape index (κ3) is 3.25. The van der Waals surface area contributed by atoms with Gasteiger partial charge in [-0.2, -0.15) is 0 Å². The molecule has 1 amide bonds. The maximum absolute atomic E-state index is 11.9. The van der Waals surface area contributed by atoms with Gasteiger partial charge in [0.15, 0.2) is 0 Å². The molecule has 1 fully saturated rings. The van der Waals surface area contributed by atoms with Crippen LogP contribution in [0, 0.1) is 11.8 Å². The van der Waals surface area contributed by atoms with Crippen LogP contribution in [0.2, 0.25) is 0 Å². The Morgan fingerprint density at radius 3 is 2.18 bits per heavy atom. The number of amides is 1. The first-order valence-corrected chi connectivity index (χ1v) is 7.00. The van der Waals surface area contributed by atoms with Crippen LogP contribution in [0.15, 0.2) is 54.6 Å². The van der Waals surface area contributed by atoms with Gasteiger partial charge in [0.05, 0.1) is 11.8 Å². The molecular formula is C17H15NO4. The van der Waals surface area contributed by atoms with Crippen LogP contribution < -0.4 is 10.1 Å². The Morgan fingerprint density at radius 2 is 1.59 bits per heavy atom. The summed E-state index contributed by atoms with van der Waals surface area (Å²) in [7, 11) is 0. The summed E-state index contributed by atoms with van der Waals surface area (Å²) < 4.78 is 5.66. The first-order valence-electron chi connectivity index (χ1n) is 7.00. The Hall–Kier alpha value is -2.82. The molecule has 0 spiro atoms. The molecule has 0 aromatic heterocycles. The van der Waals surface area contributed by atoms with Crippen molar-refractivity contribution in [1.29, 1.82) is 0 Å². The number of carboxylic acid groups (broad SMARTS) is 1. The van der Waals surface area contributed by atoms with E-state index in [2.05, 4.69) is 5.32 Å². The van der Waals surface area contributed by atoms with Gasteiger partial charge in [0, 0.05) is 5.69 Å². The number of rotatable bonds is 5. The summed E-state index contributed by atoms with van der Waals surface area (Å²) in [5.74, 6) is -0.713. The number of hydrogen-bond acceptors (Lipinski definition) is 3. The normalized spacial score (nSPS) is 19.3. The number of aliphatic carboxylic acids is 1. The molecule has 2 N–H and O–H groups in total. The van der Waals surface area contributed by atoms with Gasteiger partial charge in [-0.1, -0.05) is 18.2 Å². The molecule has 5 nitrogen and oxygen atoms in total. The summed E-state index contributed by atoms with van der Waals surface area (Å²) in [6, 6.07) is 16.4. The average molecular weight is 297 g/mol. The number of para-hydroxylation sites is 1. The molecule has 2 atom stereocenters. The van der Waals surface area contributed by atoms with Gasteiger partial charge >= 0.3 is 5.97 Å². The minimum absolute atomic E-state index is 0.246. The average Bonchev–Trinajstić information content (AvgIpc) is 3.31. The van der Waals surface area contributed by atoms with Crippen molar-refractivity contribution in [3.63, 3.8) is 0 Å². The van der Waals surface area contributed by atoms with Crippen molar-refractivity contribution in [1.82, 2.24) is 0 Å².